The maximum Gasteiger partial charge on any atom is 0.234 e. The van der Waals surface area contributed by atoms with Gasteiger partial charge in [0.1, 0.15) is 10.8 Å². The lowest BCUT2D eigenvalue weighted by atomic mass is 9.97. The lowest BCUT2D eigenvalue weighted by Crippen LogP contribution is -2.44. The van der Waals surface area contributed by atoms with E-state index in [2.05, 4.69) is 25.7 Å². The molecule has 2 aromatic rings. The molecule has 1 saturated heterocycles. The fourth-order valence-corrected chi connectivity index (χ4v) is 4.53. The topological polar surface area (TPSA) is 96.5 Å². The summed E-state index contributed by atoms with van der Waals surface area (Å²) in [7, 11) is 1.53. The van der Waals surface area contributed by atoms with Crippen LogP contribution in [0.4, 0.5) is 11.5 Å². The van der Waals surface area contributed by atoms with Gasteiger partial charge in [-0.15, -0.1) is 10.2 Å². The van der Waals surface area contributed by atoms with Crippen LogP contribution in [-0.4, -0.2) is 54.0 Å². The summed E-state index contributed by atoms with van der Waals surface area (Å²) in [5.74, 6) is 1.43. The number of benzene rings is 1. The number of hydrogen-bond acceptors (Lipinski definition) is 7. The van der Waals surface area contributed by atoms with Gasteiger partial charge in [-0.1, -0.05) is 23.4 Å². The summed E-state index contributed by atoms with van der Waals surface area (Å²) in [5.41, 5.74) is 1.43. The highest BCUT2D eigenvalue weighted by Gasteiger charge is 2.31. The average molecular weight is 490 g/mol. The van der Waals surface area contributed by atoms with Gasteiger partial charge in [-0.05, 0) is 56.4 Å². The minimum atomic E-state index is -0.175. The number of hydrogen-bond donors (Lipinski definition) is 2. The van der Waals surface area contributed by atoms with Crippen LogP contribution in [0.1, 0.15) is 31.2 Å². The Kier molecular flexibility index (Phi) is 7.60. The van der Waals surface area contributed by atoms with Crippen molar-refractivity contribution in [2.45, 2.75) is 43.7 Å². The first-order valence-corrected chi connectivity index (χ1v) is 12.4. The largest absolute Gasteiger partial charge is 0.495 e. The number of aromatic nitrogens is 2. The number of nitrogens with zero attached hydrogens (tertiary/aromatic N) is 3. The lowest BCUT2D eigenvalue weighted by Gasteiger charge is -2.32. The van der Waals surface area contributed by atoms with E-state index in [1.54, 1.807) is 12.1 Å². The summed E-state index contributed by atoms with van der Waals surface area (Å²) < 4.78 is 5.30. The molecule has 0 unspecified atom stereocenters. The second-order valence-corrected chi connectivity index (χ2v) is 9.84. The molecule has 10 heteroatoms. The van der Waals surface area contributed by atoms with Crippen LogP contribution in [-0.2, 0) is 9.59 Å². The molecule has 0 spiro atoms. The van der Waals surface area contributed by atoms with Gasteiger partial charge in [0.15, 0.2) is 5.82 Å². The van der Waals surface area contributed by atoms with E-state index in [4.69, 9.17) is 16.3 Å². The predicted molar refractivity (Wildman–Crippen MR) is 130 cm³/mol. The minimum absolute atomic E-state index is 0.00704. The molecule has 4 rings (SSSR count). The Bertz CT molecular complexity index is 1020. The second kappa shape index (κ2) is 10.6. The van der Waals surface area contributed by atoms with E-state index in [-0.39, 0.29) is 23.5 Å². The van der Waals surface area contributed by atoms with Crippen molar-refractivity contribution in [2.75, 3.05) is 36.2 Å². The number of thioether (sulfide) groups is 1. The zero-order valence-electron chi connectivity index (χ0n) is 18.8. The number of ether oxygens (including phenoxy) is 1. The molecule has 0 radical (unpaired) electrons. The third kappa shape index (κ3) is 6.29. The lowest BCUT2D eigenvalue weighted by molar-refractivity contribution is -0.125. The fourth-order valence-electron chi connectivity index (χ4n) is 3.76. The molecule has 0 bridgehead atoms. The smallest absolute Gasteiger partial charge is 0.234 e. The number of carbonyl (C=O) groups excluding carboxylic acids is 2. The molecule has 2 amide bonds. The highest BCUT2D eigenvalue weighted by atomic mass is 35.5. The molecule has 2 aliphatic rings. The van der Waals surface area contributed by atoms with Gasteiger partial charge < -0.3 is 20.3 Å². The molecule has 1 aromatic carbocycles. The van der Waals surface area contributed by atoms with E-state index < -0.39 is 0 Å². The first kappa shape index (κ1) is 23.6. The van der Waals surface area contributed by atoms with Crippen molar-refractivity contribution in [3.8, 4) is 5.75 Å². The highest BCUT2D eigenvalue weighted by Crippen LogP contribution is 2.31. The highest BCUT2D eigenvalue weighted by molar-refractivity contribution is 7.99. The molecule has 1 aliphatic heterocycles. The number of methoxy groups -OCH3 is 1. The number of carbonyl (C=O) groups is 2. The number of nitrogens with one attached hydrogen (secondary N) is 2. The molecule has 1 saturated carbocycles. The van der Waals surface area contributed by atoms with Gasteiger partial charge >= 0.3 is 0 Å². The van der Waals surface area contributed by atoms with Gasteiger partial charge in [-0.25, -0.2) is 0 Å². The zero-order chi connectivity index (χ0) is 23.4. The minimum Gasteiger partial charge on any atom is -0.495 e. The summed E-state index contributed by atoms with van der Waals surface area (Å²) in [6.07, 6.45) is 4.05. The molecular weight excluding hydrogens is 462 g/mol. The van der Waals surface area contributed by atoms with E-state index in [1.807, 2.05) is 19.1 Å². The van der Waals surface area contributed by atoms with E-state index >= 15 is 0 Å². The maximum atomic E-state index is 12.4. The van der Waals surface area contributed by atoms with E-state index in [1.165, 1.54) is 18.9 Å². The Morgan fingerprint density at radius 1 is 1.24 bits per heavy atom. The first-order chi connectivity index (χ1) is 15.9. The Balaban J connectivity index is 1.29. The zero-order valence-corrected chi connectivity index (χ0v) is 20.3. The number of halogens is 1. The van der Waals surface area contributed by atoms with Gasteiger partial charge in [0.25, 0.3) is 0 Å². The number of anilines is 2. The van der Waals surface area contributed by atoms with Crippen molar-refractivity contribution >= 4 is 46.7 Å². The number of piperidine rings is 1. The van der Waals surface area contributed by atoms with Gasteiger partial charge in [-0.2, -0.15) is 0 Å². The van der Waals surface area contributed by atoms with Crippen LogP contribution in [0.15, 0.2) is 29.3 Å². The average Bonchev–Trinajstić information content (AvgIpc) is 3.64. The van der Waals surface area contributed by atoms with Gasteiger partial charge in [0.2, 0.25) is 11.8 Å². The molecular formula is C23H28ClN5O3S. The van der Waals surface area contributed by atoms with Gasteiger partial charge in [0.05, 0.1) is 24.5 Å². The van der Waals surface area contributed by atoms with Crippen molar-refractivity contribution in [3.63, 3.8) is 0 Å². The summed E-state index contributed by atoms with van der Waals surface area (Å²) in [6, 6.07) is 7.62. The van der Waals surface area contributed by atoms with Crippen molar-refractivity contribution in [1.29, 1.82) is 0 Å². The predicted octanol–water partition coefficient (Wildman–Crippen LogP) is 3.67. The van der Waals surface area contributed by atoms with E-state index in [9.17, 15) is 9.59 Å². The third-order valence-electron chi connectivity index (χ3n) is 5.77. The quantitative estimate of drug-likeness (QED) is 0.546. The van der Waals surface area contributed by atoms with Crippen LogP contribution in [0.25, 0.3) is 0 Å². The second-order valence-electron chi connectivity index (χ2n) is 8.44. The normalized spacial score (nSPS) is 18.0. The fraction of sp³-hybridized carbons (Fsp3) is 0.478. The molecule has 1 aromatic heterocycles. The van der Waals surface area contributed by atoms with E-state index in [0.717, 1.165) is 43.6 Å². The molecule has 2 heterocycles. The summed E-state index contributed by atoms with van der Waals surface area (Å²) in [5, 5.41) is 15.8. The number of aryl methyl sites for hydroxylation is 1. The molecule has 33 heavy (non-hydrogen) atoms. The molecule has 1 aliphatic carbocycles. The van der Waals surface area contributed by atoms with Gasteiger partial charge in [-0.3, -0.25) is 9.59 Å². The standard InChI is InChI=1S/C23H28ClN5O3S/c1-14-10-18(19(32-2)11-17(14)24)26-21(30)13-33-22-8-7-20(27-28-22)29-9-3-4-15(12-29)23(31)25-16-5-6-16/h7-8,10-11,15-16H,3-6,9,12-13H2,1-2H3,(H,25,31)(H,26,30)/t15-/m1/s1. The van der Waals surface area contributed by atoms with Crippen LogP contribution >= 0.6 is 23.4 Å². The molecule has 1 atom stereocenters. The first-order valence-electron chi connectivity index (χ1n) is 11.1. The number of amides is 2. The summed E-state index contributed by atoms with van der Waals surface area (Å²) in [4.78, 5) is 27.0. The Morgan fingerprint density at radius 2 is 2.06 bits per heavy atom. The van der Waals surface area contributed by atoms with E-state index in [0.29, 0.717) is 34.1 Å². The van der Waals surface area contributed by atoms with Crippen molar-refractivity contribution in [3.05, 3.63) is 34.9 Å². The van der Waals surface area contributed by atoms with Crippen molar-refractivity contribution < 1.29 is 14.3 Å². The summed E-state index contributed by atoms with van der Waals surface area (Å²) >= 11 is 7.43. The monoisotopic (exact) mass is 489 g/mol. The summed E-state index contributed by atoms with van der Waals surface area (Å²) in [6.45, 7) is 3.39. The van der Waals surface area contributed by atoms with Crippen LogP contribution in [0.2, 0.25) is 5.02 Å². The SMILES string of the molecule is COc1cc(Cl)c(C)cc1NC(=O)CSc1ccc(N2CCC[C@@H](C(=O)NC3CC3)C2)nn1. The molecule has 176 valence electrons. The molecule has 2 fully saturated rings. The van der Waals surface area contributed by atoms with Crippen LogP contribution in [0, 0.1) is 12.8 Å². The third-order valence-corrected chi connectivity index (χ3v) is 7.10. The Labute approximate surface area is 202 Å². The maximum absolute atomic E-state index is 12.4. The van der Waals surface area contributed by atoms with Gasteiger partial charge in [0, 0.05) is 30.2 Å². The molecule has 2 N–H and O–H groups in total. The Hall–Kier alpha value is -2.52. The molecule has 8 nitrogen and oxygen atoms in total. The van der Waals surface area contributed by atoms with Crippen molar-refractivity contribution in [2.24, 2.45) is 5.92 Å². The number of rotatable bonds is 8. The Morgan fingerprint density at radius 3 is 2.76 bits per heavy atom. The van der Waals surface area contributed by atoms with Crippen LogP contribution in [0.3, 0.4) is 0 Å². The van der Waals surface area contributed by atoms with Crippen LogP contribution < -0.4 is 20.3 Å². The van der Waals surface area contributed by atoms with Crippen LogP contribution in [0.5, 0.6) is 5.75 Å². The van der Waals surface area contributed by atoms with Crippen molar-refractivity contribution in [1.82, 2.24) is 15.5 Å².